The van der Waals surface area contributed by atoms with E-state index < -0.39 is 0 Å². The predicted molar refractivity (Wildman–Crippen MR) is 138 cm³/mol. The van der Waals surface area contributed by atoms with Crippen LogP contribution in [-0.2, 0) is 5.41 Å². The fourth-order valence-corrected chi connectivity index (χ4v) is 6.34. The first kappa shape index (κ1) is 22.8. The molecule has 4 heteroatoms. The number of hydrogen-bond donors (Lipinski definition) is 2. The molecular formula is C28H36N2OS. The molecule has 1 aliphatic rings. The van der Waals surface area contributed by atoms with Gasteiger partial charge in [-0.1, -0.05) is 83.4 Å². The van der Waals surface area contributed by atoms with Gasteiger partial charge in [0.15, 0.2) is 0 Å². The van der Waals surface area contributed by atoms with Gasteiger partial charge in [0.05, 0.1) is 0 Å². The quantitative estimate of drug-likeness (QED) is 0.392. The highest BCUT2D eigenvalue weighted by Gasteiger charge is 2.36. The average Bonchev–Trinajstić information content (AvgIpc) is 3.23. The van der Waals surface area contributed by atoms with Crippen LogP contribution in [0.15, 0.2) is 47.8 Å². The van der Waals surface area contributed by atoms with Gasteiger partial charge in [-0.25, -0.2) is 4.79 Å². The highest BCUT2D eigenvalue weighted by molar-refractivity contribution is 7.17. The summed E-state index contributed by atoms with van der Waals surface area (Å²) in [5, 5.41) is 10.2. The number of carbonyl (C=O) groups excluding carboxylic acids is 1. The van der Waals surface area contributed by atoms with Crippen molar-refractivity contribution in [2.45, 2.75) is 77.0 Å². The Morgan fingerprint density at radius 1 is 0.938 bits per heavy atom. The summed E-state index contributed by atoms with van der Waals surface area (Å²) in [5.74, 6) is 0.705. The molecule has 3 nitrogen and oxygen atoms in total. The third kappa shape index (κ3) is 4.56. The zero-order valence-electron chi connectivity index (χ0n) is 19.8. The smallest absolute Gasteiger partial charge is 0.319 e. The van der Waals surface area contributed by atoms with Crippen molar-refractivity contribution in [1.82, 2.24) is 5.32 Å². The van der Waals surface area contributed by atoms with Crippen LogP contribution in [0.3, 0.4) is 0 Å². The van der Waals surface area contributed by atoms with Gasteiger partial charge in [0.1, 0.15) is 0 Å². The maximum Gasteiger partial charge on any atom is 0.319 e. The summed E-state index contributed by atoms with van der Waals surface area (Å²) in [6.07, 6.45) is 6.00. The van der Waals surface area contributed by atoms with E-state index in [1.807, 2.05) is 11.3 Å². The third-order valence-electron chi connectivity index (χ3n) is 7.06. The van der Waals surface area contributed by atoms with Crippen LogP contribution in [0.25, 0.3) is 10.1 Å². The first-order valence-corrected chi connectivity index (χ1v) is 12.9. The van der Waals surface area contributed by atoms with E-state index in [4.69, 9.17) is 0 Å². The van der Waals surface area contributed by atoms with Crippen molar-refractivity contribution in [2.75, 3.05) is 11.9 Å². The number of carbonyl (C=O) groups is 1. The van der Waals surface area contributed by atoms with E-state index in [0.717, 1.165) is 18.5 Å². The van der Waals surface area contributed by atoms with Gasteiger partial charge in [-0.2, -0.15) is 0 Å². The van der Waals surface area contributed by atoms with Crippen molar-refractivity contribution < 1.29 is 4.79 Å². The van der Waals surface area contributed by atoms with Crippen LogP contribution in [0.1, 0.15) is 88.3 Å². The highest BCUT2D eigenvalue weighted by atomic mass is 32.1. The van der Waals surface area contributed by atoms with Gasteiger partial charge >= 0.3 is 6.03 Å². The van der Waals surface area contributed by atoms with Crippen molar-refractivity contribution >= 4 is 33.1 Å². The van der Waals surface area contributed by atoms with Gasteiger partial charge < -0.3 is 10.6 Å². The van der Waals surface area contributed by atoms with Crippen LogP contribution in [0, 0.1) is 0 Å². The lowest BCUT2D eigenvalue weighted by Crippen LogP contribution is -2.43. The topological polar surface area (TPSA) is 41.1 Å². The second-order valence-electron chi connectivity index (χ2n) is 9.92. The minimum Gasteiger partial charge on any atom is -0.337 e. The Morgan fingerprint density at radius 3 is 2.25 bits per heavy atom. The minimum atomic E-state index is -0.0931. The van der Waals surface area contributed by atoms with Crippen molar-refractivity contribution in [1.29, 1.82) is 0 Å². The molecule has 1 fully saturated rings. The lowest BCUT2D eigenvalue weighted by molar-refractivity contribution is 0.240. The van der Waals surface area contributed by atoms with Crippen molar-refractivity contribution in [3.63, 3.8) is 0 Å². The molecule has 1 saturated carbocycles. The second kappa shape index (κ2) is 9.66. The minimum absolute atomic E-state index is 0.0215. The fraction of sp³-hybridized carbons (Fsp3) is 0.464. The normalized spacial score (nSPS) is 15.9. The molecule has 1 aliphatic carbocycles. The summed E-state index contributed by atoms with van der Waals surface area (Å²) >= 11 is 1.82. The summed E-state index contributed by atoms with van der Waals surface area (Å²) in [4.78, 5) is 13.2. The van der Waals surface area contributed by atoms with Crippen molar-refractivity contribution in [2.24, 2.45) is 0 Å². The largest absolute Gasteiger partial charge is 0.337 e. The number of amides is 2. The molecule has 3 aromatic rings. The van der Waals surface area contributed by atoms with Crippen molar-refractivity contribution in [3.8, 4) is 0 Å². The molecule has 32 heavy (non-hydrogen) atoms. The monoisotopic (exact) mass is 448 g/mol. The fourth-order valence-electron chi connectivity index (χ4n) is 5.26. The summed E-state index contributed by atoms with van der Waals surface area (Å²) in [5.41, 5.74) is 4.82. The van der Waals surface area contributed by atoms with Gasteiger partial charge in [0.25, 0.3) is 0 Å². The van der Waals surface area contributed by atoms with Gasteiger partial charge in [0, 0.05) is 22.3 Å². The lowest BCUT2D eigenvalue weighted by atomic mass is 9.69. The SMILES string of the molecule is CC(C)c1cccc(C(C)C)c1NC(=O)NCC1(c2csc3ccccc23)CCCCC1. The van der Waals surface area contributed by atoms with Crippen LogP contribution in [-0.4, -0.2) is 12.6 Å². The average molecular weight is 449 g/mol. The Kier molecular flexibility index (Phi) is 6.90. The molecule has 0 bridgehead atoms. The van der Waals surface area contributed by atoms with Gasteiger partial charge in [-0.15, -0.1) is 11.3 Å². The lowest BCUT2D eigenvalue weighted by Gasteiger charge is -2.38. The standard InChI is InChI=1S/C28H36N2OS/c1-19(2)21-12-10-13-22(20(3)4)26(21)30-27(31)29-18-28(15-8-5-9-16-28)24-17-32-25-14-7-6-11-23(24)25/h6-7,10-14,17,19-20H,5,8-9,15-16,18H2,1-4H3,(H2,29,30,31). The summed E-state index contributed by atoms with van der Waals surface area (Å²) in [6.45, 7) is 9.41. The molecule has 1 aromatic heterocycles. The number of hydrogen-bond acceptors (Lipinski definition) is 2. The number of thiophene rings is 1. The van der Waals surface area contributed by atoms with E-state index in [9.17, 15) is 4.79 Å². The molecule has 0 aliphatic heterocycles. The van der Waals surface area contributed by atoms with Crippen LogP contribution in [0.4, 0.5) is 10.5 Å². The predicted octanol–water partition coefficient (Wildman–Crippen LogP) is 8.17. The molecule has 2 N–H and O–H groups in total. The number of fused-ring (bicyclic) bond motifs is 1. The third-order valence-corrected chi connectivity index (χ3v) is 8.03. The Morgan fingerprint density at radius 2 is 1.59 bits per heavy atom. The molecule has 0 unspecified atom stereocenters. The van der Waals surface area contributed by atoms with Crippen LogP contribution >= 0.6 is 11.3 Å². The molecule has 0 saturated heterocycles. The number of benzene rings is 2. The van der Waals surface area contributed by atoms with E-state index in [0.29, 0.717) is 18.4 Å². The maximum absolute atomic E-state index is 13.2. The van der Waals surface area contributed by atoms with Gasteiger partial charge in [0.2, 0.25) is 0 Å². The molecule has 2 aromatic carbocycles. The number of rotatable bonds is 6. The highest BCUT2D eigenvalue weighted by Crippen LogP contribution is 2.44. The van der Waals surface area contributed by atoms with Gasteiger partial charge in [-0.05, 0) is 58.2 Å². The van der Waals surface area contributed by atoms with Crippen LogP contribution < -0.4 is 10.6 Å². The number of nitrogens with one attached hydrogen (secondary N) is 2. The van der Waals surface area contributed by atoms with E-state index in [1.165, 1.54) is 46.0 Å². The molecule has 2 amide bonds. The molecular weight excluding hydrogens is 412 g/mol. The van der Waals surface area contributed by atoms with Crippen molar-refractivity contribution in [3.05, 3.63) is 64.5 Å². The van der Waals surface area contributed by atoms with E-state index >= 15 is 0 Å². The Hall–Kier alpha value is -2.33. The number of urea groups is 1. The molecule has 0 atom stereocenters. The van der Waals surface area contributed by atoms with E-state index in [-0.39, 0.29) is 11.4 Å². The van der Waals surface area contributed by atoms with E-state index in [2.05, 4.69) is 86.2 Å². The summed E-state index contributed by atoms with van der Waals surface area (Å²) in [7, 11) is 0. The Labute approximate surface area is 196 Å². The van der Waals surface area contributed by atoms with E-state index in [1.54, 1.807) is 0 Å². The zero-order valence-corrected chi connectivity index (χ0v) is 20.6. The molecule has 1 heterocycles. The molecule has 0 radical (unpaired) electrons. The number of para-hydroxylation sites is 1. The first-order valence-electron chi connectivity index (χ1n) is 12.1. The summed E-state index contributed by atoms with van der Waals surface area (Å²) in [6, 6.07) is 15.0. The Bertz CT molecular complexity index is 1050. The number of anilines is 1. The van der Waals surface area contributed by atoms with Gasteiger partial charge in [-0.3, -0.25) is 0 Å². The molecule has 4 rings (SSSR count). The van der Waals surface area contributed by atoms with Crippen LogP contribution in [0.5, 0.6) is 0 Å². The second-order valence-corrected chi connectivity index (χ2v) is 10.8. The Balaban J connectivity index is 1.57. The first-order chi connectivity index (χ1) is 15.4. The maximum atomic E-state index is 13.2. The molecule has 170 valence electrons. The molecule has 0 spiro atoms. The summed E-state index contributed by atoms with van der Waals surface area (Å²) < 4.78 is 1.34. The van der Waals surface area contributed by atoms with Crippen LogP contribution in [0.2, 0.25) is 0 Å². The zero-order chi connectivity index (χ0) is 22.7.